The Bertz CT molecular complexity index is 1240. The molecule has 194 valence electrons. The fraction of sp³-hybridized carbons (Fsp3) is 0.462. The van der Waals surface area contributed by atoms with Crippen molar-refractivity contribution in [2.24, 2.45) is 0 Å². The van der Waals surface area contributed by atoms with Gasteiger partial charge >= 0.3 is 0 Å². The standard InChI is InChI=1S/C26H32N4O4S.ClH/c1-33-24-13-12-22(18-23(24)25-27-26(34-28-25)21-10-6-3-7-11-21)35(31,32)30-16-14-29(15-17-30)19-20-8-4-2-5-9-20;/h2,4-5,8-9,12-13,18,21H,3,6-7,10-11,14-17,19H2,1H3;1H. The zero-order valence-electron chi connectivity index (χ0n) is 20.5. The first-order valence-corrected chi connectivity index (χ1v) is 13.8. The molecular formula is C26H33ClN4O4S. The maximum Gasteiger partial charge on any atom is 0.243 e. The normalized spacial score (nSPS) is 18.0. The first kappa shape index (κ1) is 26.6. The smallest absolute Gasteiger partial charge is 0.243 e. The van der Waals surface area contributed by atoms with Crippen LogP contribution in [0.1, 0.15) is 49.5 Å². The van der Waals surface area contributed by atoms with Crippen molar-refractivity contribution in [1.29, 1.82) is 0 Å². The van der Waals surface area contributed by atoms with Gasteiger partial charge in [0.25, 0.3) is 0 Å². The van der Waals surface area contributed by atoms with Crippen LogP contribution in [0.4, 0.5) is 0 Å². The van der Waals surface area contributed by atoms with E-state index in [1.165, 1.54) is 12.0 Å². The van der Waals surface area contributed by atoms with Crippen LogP contribution in [-0.2, 0) is 16.6 Å². The van der Waals surface area contributed by atoms with E-state index in [1.54, 1.807) is 29.6 Å². The van der Waals surface area contributed by atoms with Gasteiger partial charge in [-0.3, -0.25) is 4.90 Å². The van der Waals surface area contributed by atoms with Crippen LogP contribution in [0.3, 0.4) is 0 Å². The molecule has 0 bridgehead atoms. The van der Waals surface area contributed by atoms with E-state index in [0.717, 1.165) is 32.2 Å². The fourth-order valence-electron chi connectivity index (χ4n) is 5.00. The second-order valence-corrected chi connectivity index (χ2v) is 11.3. The van der Waals surface area contributed by atoms with Gasteiger partial charge in [0.2, 0.25) is 21.7 Å². The molecule has 8 nitrogen and oxygen atoms in total. The zero-order chi connectivity index (χ0) is 24.3. The van der Waals surface area contributed by atoms with E-state index in [1.807, 2.05) is 18.2 Å². The van der Waals surface area contributed by atoms with Crippen LogP contribution in [0.15, 0.2) is 57.9 Å². The van der Waals surface area contributed by atoms with Gasteiger partial charge in [0.15, 0.2) is 0 Å². The molecule has 0 radical (unpaired) electrons. The molecule has 2 heterocycles. The van der Waals surface area contributed by atoms with Crippen molar-refractivity contribution >= 4 is 22.4 Å². The number of benzene rings is 2. The number of rotatable bonds is 7. The molecule has 0 amide bonds. The van der Waals surface area contributed by atoms with Gasteiger partial charge in [0, 0.05) is 38.6 Å². The maximum atomic E-state index is 13.5. The third-order valence-corrected chi connectivity index (χ3v) is 8.92. The van der Waals surface area contributed by atoms with E-state index in [0.29, 0.717) is 49.2 Å². The summed E-state index contributed by atoms with van der Waals surface area (Å²) in [5, 5.41) is 4.17. The lowest BCUT2D eigenvalue weighted by molar-refractivity contribution is 0.181. The molecule has 2 aromatic carbocycles. The number of nitrogens with zero attached hydrogens (tertiary/aromatic N) is 4. The number of aromatic nitrogens is 2. The molecule has 1 saturated carbocycles. The Morgan fingerprint density at radius 1 is 1.00 bits per heavy atom. The highest BCUT2D eigenvalue weighted by Gasteiger charge is 2.30. The Morgan fingerprint density at radius 2 is 1.72 bits per heavy atom. The summed E-state index contributed by atoms with van der Waals surface area (Å²) in [6.45, 7) is 3.09. The van der Waals surface area contributed by atoms with Gasteiger partial charge in [-0.2, -0.15) is 9.29 Å². The van der Waals surface area contributed by atoms with Crippen molar-refractivity contribution < 1.29 is 17.7 Å². The predicted octanol–water partition coefficient (Wildman–Crippen LogP) is 4.72. The molecule has 5 rings (SSSR count). The Morgan fingerprint density at radius 3 is 2.42 bits per heavy atom. The molecule has 36 heavy (non-hydrogen) atoms. The van der Waals surface area contributed by atoms with Gasteiger partial charge in [-0.1, -0.05) is 54.8 Å². The summed E-state index contributed by atoms with van der Waals surface area (Å²) >= 11 is 0. The molecule has 0 unspecified atom stereocenters. The van der Waals surface area contributed by atoms with Crippen LogP contribution in [0, 0.1) is 0 Å². The summed E-state index contributed by atoms with van der Waals surface area (Å²) in [6, 6.07) is 15.1. The highest BCUT2D eigenvalue weighted by molar-refractivity contribution is 7.89. The molecule has 10 heteroatoms. The van der Waals surface area contributed by atoms with Gasteiger partial charge in [-0.05, 0) is 36.6 Å². The van der Waals surface area contributed by atoms with Crippen LogP contribution in [0.5, 0.6) is 5.75 Å². The number of halogens is 1. The van der Waals surface area contributed by atoms with E-state index >= 15 is 0 Å². The van der Waals surface area contributed by atoms with E-state index in [-0.39, 0.29) is 23.2 Å². The molecule has 2 fully saturated rings. The maximum absolute atomic E-state index is 13.5. The Kier molecular flexibility index (Phi) is 8.66. The molecule has 2 aliphatic rings. The van der Waals surface area contributed by atoms with Crippen molar-refractivity contribution in [3.05, 3.63) is 60.0 Å². The molecule has 1 aliphatic heterocycles. The number of ether oxygens (including phenoxy) is 1. The third kappa shape index (κ3) is 5.75. The number of piperazine rings is 1. The minimum atomic E-state index is -3.66. The average Bonchev–Trinajstić information content (AvgIpc) is 3.40. The highest BCUT2D eigenvalue weighted by atomic mass is 35.5. The van der Waals surface area contributed by atoms with Crippen LogP contribution in [0.2, 0.25) is 0 Å². The van der Waals surface area contributed by atoms with Crippen LogP contribution in [-0.4, -0.2) is 61.1 Å². The highest BCUT2D eigenvalue weighted by Crippen LogP contribution is 2.35. The van der Waals surface area contributed by atoms with Gasteiger partial charge in [0.05, 0.1) is 17.6 Å². The molecule has 0 atom stereocenters. The Labute approximate surface area is 219 Å². The van der Waals surface area contributed by atoms with Crippen molar-refractivity contribution in [3.8, 4) is 17.1 Å². The van der Waals surface area contributed by atoms with Gasteiger partial charge in [-0.15, -0.1) is 12.4 Å². The molecular weight excluding hydrogens is 500 g/mol. The summed E-state index contributed by atoms with van der Waals surface area (Å²) in [5.41, 5.74) is 1.76. The predicted molar refractivity (Wildman–Crippen MR) is 140 cm³/mol. The number of sulfonamides is 1. The lowest BCUT2D eigenvalue weighted by atomic mass is 9.89. The van der Waals surface area contributed by atoms with Crippen LogP contribution in [0.25, 0.3) is 11.4 Å². The van der Waals surface area contributed by atoms with Gasteiger partial charge in [-0.25, -0.2) is 8.42 Å². The monoisotopic (exact) mass is 532 g/mol. The first-order valence-electron chi connectivity index (χ1n) is 12.3. The molecule has 1 saturated heterocycles. The van der Waals surface area contributed by atoms with Crippen molar-refractivity contribution in [1.82, 2.24) is 19.3 Å². The summed E-state index contributed by atoms with van der Waals surface area (Å²) < 4.78 is 39.6. The fourth-order valence-corrected chi connectivity index (χ4v) is 6.45. The molecule has 3 aromatic rings. The summed E-state index contributed by atoms with van der Waals surface area (Å²) in [4.78, 5) is 7.13. The Hall–Kier alpha value is -2.46. The van der Waals surface area contributed by atoms with E-state index < -0.39 is 10.0 Å². The summed E-state index contributed by atoms with van der Waals surface area (Å²) in [7, 11) is -2.11. The van der Waals surface area contributed by atoms with Crippen molar-refractivity contribution in [2.45, 2.75) is 49.5 Å². The van der Waals surface area contributed by atoms with Crippen LogP contribution < -0.4 is 4.74 Å². The van der Waals surface area contributed by atoms with E-state index in [9.17, 15) is 8.42 Å². The quantitative estimate of drug-likeness (QED) is 0.435. The minimum absolute atomic E-state index is 0. The van der Waals surface area contributed by atoms with Gasteiger partial charge < -0.3 is 9.26 Å². The lowest BCUT2D eigenvalue weighted by Gasteiger charge is -2.34. The average molecular weight is 533 g/mol. The largest absolute Gasteiger partial charge is 0.496 e. The Balaban J connectivity index is 0.00000304. The summed E-state index contributed by atoms with van der Waals surface area (Å²) in [5.74, 6) is 1.79. The zero-order valence-corrected chi connectivity index (χ0v) is 22.1. The molecule has 1 aliphatic carbocycles. The topological polar surface area (TPSA) is 88.8 Å². The first-order chi connectivity index (χ1) is 17.0. The third-order valence-electron chi connectivity index (χ3n) is 7.03. The van der Waals surface area contributed by atoms with Crippen LogP contribution >= 0.6 is 12.4 Å². The summed E-state index contributed by atoms with van der Waals surface area (Å²) in [6.07, 6.45) is 5.66. The van der Waals surface area contributed by atoms with E-state index in [2.05, 4.69) is 27.2 Å². The van der Waals surface area contributed by atoms with Crippen molar-refractivity contribution in [3.63, 3.8) is 0 Å². The number of hydrogen-bond donors (Lipinski definition) is 0. The number of hydrogen-bond acceptors (Lipinski definition) is 7. The lowest BCUT2D eigenvalue weighted by Crippen LogP contribution is -2.48. The number of methoxy groups -OCH3 is 1. The van der Waals surface area contributed by atoms with E-state index in [4.69, 9.17) is 9.26 Å². The molecule has 0 spiro atoms. The molecule has 1 aromatic heterocycles. The van der Waals surface area contributed by atoms with Gasteiger partial charge in [0.1, 0.15) is 5.75 Å². The minimum Gasteiger partial charge on any atom is -0.496 e. The second kappa shape index (κ2) is 11.7. The second-order valence-electron chi connectivity index (χ2n) is 9.32. The van der Waals surface area contributed by atoms with Crippen molar-refractivity contribution in [2.75, 3.05) is 33.3 Å². The SMILES string of the molecule is COc1ccc(S(=O)(=O)N2CCN(Cc3ccccc3)CC2)cc1-c1noc(C2CCCCC2)n1.Cl. The molecule has 0 N–H and O–H groups in total.